The molecule has 108 valence electrons. The van der Waals surface area contributed by atoms with Crippen LogP contribution in [0.3, 0.4) is 0 Å². The zero-order valence-electron chi connectivity index (χ0n) is 10.7. The van der Waals surface area contributed by atoms with Crippen molar-refractivity contribution in [3.63, 3.8) is 0 Å². The molecule has 1 aliphatic rings. The van der Waals surface area contributed by atoms with Crippen molar-refractivity contribution in [2.45, 2.75) is 6.42 Å². The lowest BCUT2D eigenvalue weighted by Gasteiger charge is -2.19. The summed E-state index contributed by atoms with van der Waals surface area (Å²) in [6.45, 7) is 3.34. The Balaban J connectivity index is 0.00000147. The van der Waals surface area contributed by atoms with E-state index in [1.54, 1.807) is 0 Å². The Hall–Kier alpha value is -1.51. The Kier molecular flexibility index (Phi) is 5.05. The maximum absolute atomic E-state index is 12.6. The van der Waals surface area contributed by atoms with E-state index in [4.69, 9.17) is 0 Å². The molecule has 3 heterocycles. The molecule has 1 aliphatic heterocycles. The average molecular weight is 315 g/mol. The molecule has 1 amide bonds. The second-order valence-electron chi connectivity index (χ2n) is 4.29. The Bertz CT molecular complexity index is 549. The van der Waals surface area contributed by atoms with Crippen LogP contribution in [0.15, 0.2) is 17.8 Å². The van der Waals surface area contributed by atoms with Crippen LogP contribution >= 0.6 is 23.7 Å². The highest BCUT2D eigenvalue weighted by Crippen LogP contribution is 2.22. The van der Waals surface area contributed by atoms with E-state index in [0.29, 0.717) is 4.88 Å². The predicted molar refractivity (Wildman–Crippen MR) is 77.7 cm³/mol. The molecule has 9 heteroatoms. The van der Waals surface area contributed by atoms with Gasteiger partial charge in [-0.3, -0.25) is 4.79 Å². The minimum absolute atomic E-state index is 0. The van der Waals surface area contributed by atoms with E-state index in [1.165, 1.54) is 22.3 Å². The number of hydrogen-bond acceptors (Lipinski definition) is 6. The number of tetrazole rings is 1. The molecule has 0 atom stereocenters. The summed E-state index contributed by atoms with van der Waals surface area (Å²) in [6.07, 6.45) is 2.49. The summed E-state index contributed by atoms with van der Waals surface area (Å²) in [7, 11) is 0. The highest BCUT2D eigenvalue weighted by atomic mass is 35.5. The summed E-state index contributed by atoms with van der Waals surface area (Å²) in [5.41, 5.74) is 0.747. The second-order valence-corrected chi connectivity index (χ2v) is 5.20. The maximum atomic E-state index is 12.6. The van der Waals surface area contributed by atoms with Crippen molar-refractivity contribution in [3.05, 3.63) is 22.7 Å². The normalized spacial score (nSPS) is 15.5. The lowest BCUT2D eigenvalue weighted by atomic mass is 10.3. The van der Waals surface area contributed by atoms with Gasteiger partial charge in [-0.15, -0.1) is 28.8 Å². The minimum atomic E-state index is 0. The van der Waals surface area contributed by atoms with Crippen molar-refractivity contribution in [2.75, 3.05) is 26.2 Å². The lowest BCUT2D eigenvalue weighted by molar-refractivity contribution is 0.0771. The Morgan fingerprint density at radius 3 is 3.05 bits per heavy atom. The Morgan fingerprint density at radius 2 is 2.25 bits per heavy atom. The summed E-state index contributed by atoms with van der Waals surface area (Å²) < 4.78 is 1.53. The minimum Gasteiger partial charge on any atom is -0.337 e. The number of nitrogens with one attached hydrogen (secondary N) is 1. The van der Waals surface area contributed by atoms with Gasteiger partial charge in [-0.1, -0.05) is 0 Å². The number of carbonyl (C=O) groups excluding carboxylic acids is 1. The third-order valence-electron chi connectivity index (χ3n) is 3.06. The largest absolute Gasteiger partial charge is 0.337 e. The molecule has 1 fully saturated rings. The van der Waals surface area contributed by atoms with Crippen molar-refractivity contribution in [1.82, 2.24) is 30.4 Å². The predicted octanol–water partition coefficient (Wildman–Crippen LogP) is 0.581. The summed E-state index contributed by atoms with van der Waals surface area (Å²) in [4.78, 5) is 15.1. The molecule has 20 heavy (non-hydrogen) atoms. The van der Waals surface area contributed by atoms with Crippen LogP contribution in [0.2, 0.25) is 0 Å². The molecule has 0 saturated carbocycles. The SMILES string of the molecule is Cl.O=C(c1sccc1-n1cnnn1)N1CCCNCC1. The van der Waals surface area contributed by atoms with Gasteiger partial charge < -0.3 is 10.2 Å². The molecule has 3 rings (SSSR count). The van der Waals surface area contributed by atoms with E-state index in [9.17, 15) is 4.79 Å². The van der Waals surface area contributed by atoms with Crippen molar-refractivity contribution in [3.8, 4) is 5.69 Å². The van der Waals surface area contributed by atoms with Gasteiger partial charge >= 0.3 is 0 Å². The molecule has 0 bridgehead atoms. The first kappa shape index (κ1) is 14.9. The lowest BCUT2D eigenvalue weighted by Crippen LogP contribution is -2.34. The smallest absolute Gasteiger partial charge is 0.266 e. The van der Waals surface area contributed by atoms with E-state index < -0.39 is 0 Å². The fourth-order valence-corrected chi connectivity index (χ4v) is 2.95. The molecule has 7 nitrogen and oxygen atoms in total. The third kappa shape index (κ3) is 2.97. The molecule has 0 aliphatic carbocycles. The number of hydrogen-bond donors (Lipinski definition) is 1. The highest BCUT2D eigenvalue weighted by Gasteiger charge is 2.22. The van der Waals surface area contributed by atoms with Crippen LogP contribution in [0.25, 0.3) is 5.69 Å². The van der Waals surface area contributed by atoms with Gasteiger partial charge in [0.05, 0.1) is 5.69 Å². The number of aromatic nitrogens is 4. The first-order chi connectivity index (χ1) is 9.36. The molecule has 0 radical (unpaired) electrons. The second kappa shape index (κ2) is 6.78. The number of nitrogens with zero attached hydrogens (tertiary/aromatic N) is 5. The quantitative estimate of drug-likeness (QED) is 0.877. The van der Waals surface area contributed by atoms with Gasteiger partial charge in [0, 0.05) is 19.6 Å². The fourth-order valence-electron chi connectivity index (χ4n) is 2.11. The van der Waals surface area contributed by atoms with E-state index in [0.717, 1.165) is 38.3 Å². The fraction of sp³-hybridized carbons (Fsp3) is 0.455. The van der Waals surface area contributed by atoms with Gasteiger partial charge in [0.1, 0.15) is 11.2 Å². The molecule has 2 aromatic rings. The molecule has 0 aromatic carbocycles. The van der Waals surface area contributed by atoms with Crippen molar-refractivity contribution >= 4 is 29.7 Å². The number of rotatable bonds is 2. The van der Waals surface area contributed by atoms with Gasteiger partial charge in [-0.2, -0.15) is 4.68 Å². The highest BCUT2D eigenvalue weighted by molar-refractivity contribution is 7.12. The van der Waals surface area contributed by atoms with Gasteiger partial charge in [0.15, 0.2) is 0 Å². The third-order valence-corrected chi connectivity index (χ3v) is 3.95. The van der Waals surface area contributed by atoms with Gasteiger partial charge in [-0.25, -0.2) is 0 Å². The van der Waals surface area contributed by atoms with Crippen LogP contribution in [0, 0.1) is 0 Å². The maximum Gasteiger partial charge on any atom is 0.266 e. The summed E-state index contributed by atoms with van der Waals surface area (Å²) >= 11 is 1.43. The molecule has 0 spiro atoms. The summed E-state index contributed by atoms with van der Waals surface area (Å²) in [5.74, 6) is 0.0594. The molecular formula is C11H15ClN6OS. The standard InChI is InChI=1S/C11H14N6OS.ClH/c18-11(16-5-1-3-12-4-6-16)10-9(2-7-19-10)17-8-13-14-15-17;/h2,7-8,12H,1,3-6H2;1H. The van der Waals surface area contributed by atoms with Crippen molar-refractivity contribution < 1.29 is 4.79 Å². The first-order valence-electron chi connectivity index (χ1n) is 6.17. The van der Waals surface area contributed by atoms with Crippen LogP contribution in [0.1, 0.15) is 16.1 Å². The summed E-state index contributed by atoms with van der Waals surface area (Å²) in [5, 5.41) is 16.2. The Labute approximate surface area is 126 Å². The van der Waals surface area contributed by atoms with Crippen molar-refractivity contribution in [1.29, 1.82) is 0 Å². The molecule has 0 unspecified atom stereocenters. The molecule has 2 aromatic heterocycles. The topological polar surface area (TPSA) is 75.9 Å². The molecule has 1 N–H and O–H groups in total. The summed E-state index contributed by atoms with van der Waals surface area (Å²) in [6, 6.07) is 1.87. The van der Waals surface area contributed by atoms with E-state index in [2.05, 4.69) is 20.8 Å². The van der Waals surface area contributed by atoms with Gasteiger partial charge in [-0.05, 0) is 34.8 Å². The number of amides is 1. The van der Waals surface area contributed by atoms with Crippen molar-refractivity contribution in [2.24, 2.45) is 0 Å². The van der Waals surface area contributed by atoms with E-state index in [-0.39, 0.29) is 18.3 Å². The zero-order chi connectivity index (χ0) is 13.1. The zero-order valence-corrected chi connectivity index (χ0v) is 12.4. The van der Waals surface area contributed by atoms with E-state index in [1.807, 2.05) is 16.3 Å². The molecular weight excluding hydrogens is 300 g/mol. The number of thiophene rings is 1. The van der Waals surface area contributed by atoms with Crippen LogP contribution in [0.4, 0.5) is 0 Å². The average Bonchev–Trinajstić information content (AvgIpc) is 3.03. The van der Waals surface area contributed by atoms with Crippen LogP contribution in [-0.4, -0.2) is 57.2 Å². The van der Waals surface area contributed by atoms with Gasteiger partial charge in [0.2, 0.25) is 0 Å². The van der Waals surface area contributed by atoms with Crippen LogP contribution < -0.4 is 5.32 Å². The van der Waals surface area contributed by atoms with E-state index >= 15 is 0 Å². The molecule has 1 saturated heterocycles. The Morgan fingerprint density at radius 1 is 1.35 bits per heavy atom. The van der Waals surface area contributed by atoms with Gasteiger partial charge in [0.25, 0.3) is 5.91 Å². The van der Waals surface area contributed by atoms with Crippen LogP contribution in [0.5, 0.6) is 0 Å². The number of halogens is 1. The number of carbonyl (C=O) groups is 1. The van der Waals surface area contributed by atoms with Crippen LogP contribution in [-0.2, 0) is 0 Å². The first-order valence-corrected chi connectivity index (χ1v) is 7.05. The monoisotopic (exact) mass is 314 g/mol.